The van der Waals surface area contributed by atoms with Gasteiger partial charge >= 0.3 is 0 Å². The molecule has 90 valence electrons. The Kier molecular flexibility index (Phi) is 6.57. The van der Waals surface area contributed by atoms with Crippen LogP contribution in [0, 0.1) is 5.41 Å². The van der Waals surface area contributed by atoms with Crippen molar-refractivity contribution in [3.8, 4) is 0 Å². The normalized spacial score (nSPS) is 26.8. The van der Waals surface area contributed by atoms with E-state index in [4.69, 9.17) is 25.8 Å². The van der Waals surface area contributed by atoms with Crippen LogP contribution >= 0.6 is 11.6 Å². The first-order valence-corrected chi connectivity index (χ1v) is 6.07. The fourth-order valence-electron chi connectivity index (χ4n) is 1.81. The predicted octanol–water partition coefficient (Wildman–Crippen LogP) is 2.08. The summed E-state index contributed by atoms with van der Waals surface area (Å²) in [5.41, 5.74) is 0.146. The van der Waals surface area contributed by atoms with Gasteiger partial charge in [0.25, 0.3) is 0 Å². The van der Waals surface area contributed by atoms with Gasteiger partial charge in [-0.2, -0.15) is 0 Å². The van der Waals surface area contributed by atoms with Gasteiger partial charge in [0.1, 0.15) is 0 Å². The molecule has 0 aromatic carbocycles. The molecular weight excluding hydrogens is 216 g/mol. The van der Waals surface area contributed by atoms with Crippen molar-refractivity contribution in [3.05, 3.63) is 0 Å². The van der Waals surface area contributed by atoms with E-state index >= 15 is 0 Å². The summed E-state index contributed by atoms with van der Waals surface area (Å²) in [5, 5.41) is 0. The highest BCUT2D eigenvalue weighted by Crippen LogP contribution is 2.33. The number of ether oxygens (including phenoxy) is 3. The van der Waals surface area contributed by atoms with Crippen LogP contribution in [0.5, 0.6) is 0 Å². The first-order chi connectivity index (χ1) is 7.33. The molecule has 0 radical (unpaired) electrons. The summed E-state index contributed by atoms with van der Waals surface area (Å²) >= 11 is 6.02. The second kappa shape index (κ2) is 7.44. The van der Waals surface area contributed by atoms with Gasteiger partial charge in [-0.15, -0.1) is 11.6 Å². The number of methoxy groups -OCH3 is 1. The highest BCUT2D eigenvalue weighted by atomic mass is 35.5. The van der Waals surface area contributed by atoms with Crippen LogP contribution < -0.4 is 0 Å². The van der Waals surface area contributed by atoms with Crippen molar-refractivity contribution in [2.75, 3.05) is 46.0 Å². The Morgan fingerprint density at radius 1 is 1.33 bits per heavy atom. The van der Waals surface area contributed by atoms with Crippen LogP contribution in [0.15, 0.2) is 0 Å². The molecule has 0 aromatic heterocycles. The van der Waals surface area contributed by atoms with Crippen molar-refractivity contribution in [1.29, 1.82) is 0 Å². The smallest absolute Gasteiger partial charge is 0.0700 e. The largest absolute Gasteiger partial charge is 0.382 e. The summed E-state index contributed by atoms with van der Waals surface area (Å²) in [5.74, 6) is 0.667. The first kappa shape index (κ1) is 13.2. The molecule has 0 aromatic rings. The minimum atomic E-state index is 0.146. The van der Waals surface area contributed by atoms with E-state index in [-0.39, 0.29) is 5.41 Å². The summed E-state index contributed by atoms with van der Waals surface area (Å²) in [6, 6.07) is 0. The summed E-state index contributed by atoms with van der Waals surface area (Å²) < 4.78 is 15.9. The molecule has 1 fully saturated rings. The van der Waals surface area contributed by atoms with Gasteiger partial charge in [-0.3, -0.25) is 0 Å². The molecule has 0 amide bonds. The van der Waals surface area contributed by atoms with Gasteiger partial charge in [0, 0.05) is 31.6 Å². The highest BCUT2D eigenvalue weighted by Gasteiger charge is 2.31. The van der Waals surface area contributed by atoms with Gasteiger partial charge in [-0.1, -0.05) is 0 Å². The van der Waals surface area contributed by atoms with Crippen LogP contribution in [0.1, 0.15) is 19.3 Å². The average Bonchev–Trinajstić information content (AvgIpc) is 2.30. The van der Waals surface area contributed by atoms with Crippen molar-refractivity contribution in [2.24, 2.45) is 5.41 Å². The Balaban J connectivity index is 2.15. The number of rotatable bonds is 7. The maximum absolute atomic E-state index is 6.02. The molecule has 1 aliphatic rings. The minimum Gasteiger partial charge on any atom is -0.382 e. The lowest BCUT2D eigenvalue weighted by atomic mass is 9.82. The van der Waals surface area contributed by atoms with Crippen molar-refractivity contribution < 1.29 is 14.2 Å². The third-order valence-corrected chi connectivity index (χ3v) is 3.46. The average molecular weight is 237 g/mol. The summed E-state index contributed by atoms with van der Waals surface area (Å²) in [4.78, 5) is 0. The predicted molar refractivity (Wildman–Crippen MR) is 60.5 cm³/mol. The Morgan fingerprint density at radius 3 is 2.80 bits per heavy atom. The number of hydrogen-bond acceptors (Lipinski definition) is 3. The fourth-order valence-corrected chi connectivity index (χ4v) is 2.16. The van der Waals surface area contributed by atoms with E-state index in [1.165, 1.54) is 0 Å². The molecule has 1 heterocycles. The van der Waals surface area contributed by atoms with Crippen molar-refractivity contribution in [1.82, 2.24) is 0 Å². The van der Waals surface area contributed by atoms with Crippen LogP contribution in [0.2, 0.25) is 0 Å². The van der Waals surface area contributed by atoms with E-state index in [9.17, 15) is 0 Å². The van der Waals surface area contributed by atoms with E-state index in [0.29, 0.717) is 19.1 Å². The standard InChI is InChI=1S/C11H21ClO3/c1-13-7-8-14-6-4-11(9-12)3-2-5-15-10-11/h2-10H2,1H3. The Labute approximate surface area is 97.0 Å². The lowest BCUT2D eigenvalue weighted by Crippen LogP contribution is -2.34. The van der Waals surface area contributed by atoms with Gasteiger partial charge in [-0.25, -0.2) is 0 Å². The fraction of sp³-hybridized carbons (Fsp3) is 1.00. The van der Waals surface area contributed by atoms with Crippen LogP contribution in [0.4, 0.5) is 0 Å². The zero-order valence-corrected chi connectivity index (χ0v) is 10.2. The van der Waals surface area contributed by atoms with Crippen LogP contribution in [0.25, 0.3) is 0 Å². The molecular formula is C11H21ClO3. The van der Waals surface area contributed by atoms with Gasteiger partial charge in [0.2, 0.25) is 0 Å². The molecule has 1 rings (SSSR count). The Morgan fingerprint density at radius 2 is 2.20 bits per heavy atom. The minimum absolute atomic E-state index is 0.146. The molecule has 0 aliphatic carbocycles. The number of alkyl halides is 1. The number of hydrogen-bond donors (Lipinski definition) is 0. The van der Waals surface area contributed by atoms with E-state index in [0.717, 1.165) is 39.1 Å². The van der Waals surface area contributed by atoms with E-state index in [2.05, 4.69) is 0 Å². The van der Waals surface area contributed by atoms with E-state index in [1.807, 2.05) is 0 Å². The molecule has 0 saturated carbocycles. The molecule has 1 aliphatic heterocycles. The molecule has 4 heteroatoms. The summed E-state index contributed by atoms with van der Waals surface area (Å²) in [6.45, 7) is 3.73. The van der Waals surface area contributed by atoms with Crippen molar-refractivity contribution >= 4 is 11.6 Å². The number of halogens is 1. The van der Waals surface area contributed by atoms with E-state index < -0.39 is 0 Å². The van der Waals surface area contributed by atoms with Crippen LogP contribution in [-0.4, -0.2) is 46.0 Å². The monoisotopic (exact) mass is 236 g/mol. The molecule has 1 saturated heterocycles. The molecule has 15 heavy (non-hydrogen) atoms. The first-order valence-electron chi connectivity index (χ1n) is 5.53. The molecule has 1 atom stereocenters. The maximum atomic E-state index is 6.02. The quantitative estimate of drug-likeness (QED) is 0.500. The summed E-state index contributed by atoms with van der Waals surface area (Å²) in [6.07, 6.45) is 3.26. The maximum Gasteiger partial charge on any atom is 0.0700 e. The van der Waals surface area contributed by atoms with Gasteiger partial charge in [-0.05, 0) is 19.3 Å². The Hall–Kier alpha value is 0.170. The zero-order valence-electron chi connectivity index (χ0n) is 9.47. The Bertz CT molecular complexity index is 158. The molecule has 0 N–H and O–H groups in total. The van der Waals surface area contributed by atoms with E-state index in [1.54, 1.807) is 7.11 Å². The zero-order chi connectivity index (χ0) is 11.0. The van der Waals surface area contributed by atoms with Crippen molar-refractivity contribution in [3.63, 3.8) is 0 Å². The summed E-state index contributed by atoms with van der Waals surface area (Å²) in [7, 11) is 1.68. The second-order valence-electron chi connectivity index (χ2n) is 4.14. The van der Waals surface area contributed by atoms with Crippen LogP contribution in [-0.2, 0) is 14.2 Å². The third kappa shape index (κ3) is 4.68. The van der Waals surface area contributed by atoms with Gasteiger partial charge in [0.15, 0.2) is 0 Å². The topological polar surface area (TPSA) is 27.7 Å². The highest BCUT2D eigenvalue weighted by molar-refractivity contribution is 6.18. The third-order valence-electron chi connectivity index (χ3n) is 2.90. The SMILES string of the molecule is COCCOCCC1(CCl)CCCOC1. The lowest BCUT2D eigenvalue weighted by Gasteiger charge is -2.35. The molecule has 0 spiro atoms. The van der Waals surface area contributed by atoms with Crippen molar-refractivity contribution in [2.45, 2.75) is 19.3 Å². The molecule has 1 unspecified atom stereocenters. The van der Waals surface area contributed by atoms with Gasteiger partial charge in [0.05, 0.1) is 19.8 Å². The van der Waals surface area contributed by atoms with Gasteiger partial charge < -0.3 is 14.2 Å². The molecule has 0 bridgehead atoms. The molecule has 3 nitrogen and oxygen atoms in total. The lowest BCUT2D eigenvalue weighted by molar-refractivity contribution is -0.0199. The van der Waals surface area contributed by atoms with Crippen LogP contribution in [0.3, 0.4) is 0 Å². The second-order valence-corrected chi connectivity index (χ2v) is 4.41.